The third kappa shape index (κ3) is 3.00. The fraction of sp³-hybridized carbons (Fsp3) is 0.450. The zero-order valence-electron chi connectivity index (χ0n) is 15.3. The predicted molar refractivity (Wildman–Crippen MR) is 100.0 cm³/mol. The minimum atomic E-state index is 0.0652. The van der Waals surface area contributed by atoms with Gasteiger partial charge in [0.1, 0.15) is 5.69 Å². The summed E-state index contributed by atoms with van der Waals surface area (Å²) >= 11 is 0. The van der Waals surface area contributed by atoms with Gasteiger partial charge < -0.3 is 9.32 Å². The Morgan fingerprint density at radius 2 is 1.96 bits per heavy atom. The van der Waals surface area contributed by atoms with Gasteiger partial charge in [0.25, 0.3) is 5.91 Å². The van der Waals surface area contributed by atoms with Crippen LogP contribution in [0.15, 0.2) is 35.1 Å². The van der Waals surface area contributed by atoms with Crippen molar-refractivity contribution in [3.63, 3.8) is 0 Å². The van der Waals surface area contributed by atoms with E-state index in [4.69, 9.17) is 9.40 Å². The maximum atomic E-state index is 13.3. The van der Waals surface area contributed by atoms with E-state index in [0.29, 0.717) is 17.0 Å². The summed E-state index contributed by atoms with van der Waals surface area (Å²) in [5, 5.41) is 5.29. The van der Waals surface area contributed by atoms with Crippen LogP contribution in [0.5, 0.6) is 0 Å². The summed E-state index contributed by atoms with van der Waals surface area (Å²) in [7, 11) is 0. The molecule has 1 aliphatic rings. The van der Waals surface area contributed by atoms with Crippen LogP contribution in [0.1, 0.15) is 55.9 Å². The normalized spacial score (nSPS) is 15.6. The summed E-state index contributed by atoms with van der Waals surface area (Å²) in [5.41, 5.74) is 2.06. The van der Waals surface area contributed by atoms with E-state index in [-0.39, 0.29) is 11.9 Å². The number of furan rings is 1. The van der Waals surface area contributed by atoms with E-state index in [2.05, 4.69) is 18.9 Å². The highest BCUT2D eigenvalue weighted by Crippen LogP contribution is 2.28. The van der Waals surface area contributed by atoms with E-state index in [9.17, 15) is 4.79 Å². The van der Waals surface area contributed by atoms with Gasteiger partial charge in [-0.15, -0.1) is 0 Å². The lowest BCUT2D eigenvalue weighted by Gasteiger charge is -2.21. The first-order valence-electron chi connectivity index (χ1n) is 9.36. The fourth-order valence-electron chi connectivity index (χ4n) is 3.57. The third-order valence-electron chi connectivity index (χ3n) is 4.95. The minimum absolute atomic E-state index is 0.0652. The van der Waals surface area contributed by atoms with Crippen LogP contribution < -0.4 is 0 Å². The van der Waals surface area contributed by atoms with Crippen molar-refractivity contribution < 1.29 is 9.21 Å². The Morgan fingerprint density at radius 1 is 1.19 bits per heavy atom. The predicted octanol–water partition coefficient (Wildman–Crippen LogP) is 4.29. The van der Waals surface area contributed by atoms with E-state index in [1.54, 1.807) is 12.5 Å². The van der Waals surface area contributed by atoms with E-state index in [1.165, 1.54) is 12.8 Å². The highest BCUT2D eigenvalue weighted by atomic mass is 16.3. The van der Waals surface area contributed by atoms with Crippen molar-refractivity contribution in [1.29, 1.82) is 0 Å². The van der Waals surface area contributed by atoms with Crippen LogP contribution >= 0.6 is 0 Å². The van der Waals surface area contributed by atoms with Gasteiger partial charge in [0.15, 0.2) is 11.4 Å². The molecule has 1 fully saturated rings. The SMILES string of the molecule is CC(C)n1ncc2c(C(=O)N3CCCCCC3)cc(-c3ccco3)nc21. The van der Waals surface area contributed by atoms with Crippen LogP contribution in [-0.4, -0.2) is 38.7 Å². The second-order valence-corrected chi connectivity index (χ2v) is 7.16. The molecule has 1 amide bonds. The maximum Gasteiger partial charge on any atom is 0.254 e. The number of likely N-dealkylation sites (tertiary alicyclic amines) is 1. The molecule has 0 unspecified atom stereocenters. The van der Waals surface area contributed by atoms with Crippen molar-refractivity contribution in [3.8, 4) is 11.5 Å². The molecule has 0 aliphatic carbocycles. The van der Waals surface area contributed by atoms with Crippen LogP contribution in [-0.2, 0) is 0 Å². The van der Waals surface area contributed by atoms with Gasteiger partial charge in [0.05, 0.1) is 23.4 Å². The Balaban J connectivity index is 1.85. The zero-order chi connectivity index (χ0) is 18.1. The number of hydrogen-bond donors (Lipinski definition) is 0. The van der Waals surface area contributed by atoms with Gasteiger partial charge in [-0.3, -0.25) is 4.79 Å². The molecule has 3 aromatic rings. The Bertz CT molecular complexity index is 903. The molecule has 1 saturated heterocycles. The molecule has 4 rings (SSSR count). The molecule has 0 atom stereocenters. The fourth-order valence-corrected chi connectivity index (χ4v) is 3.57. The van der Waals surface area contributed by atoms with Crippen LogP contribution in [0, 0.1) is 0 Å². The van der Waals surface area contributed by atoms with Gasteiger partial charge in [0, 0.05) is 19.1 Å². The second kappa shape index (κ2) is 6.94. The van der Waals surface area contributed by atoms with Gasteiger partial charge in [-0.05, 0) is 44.9 Å². The minimum Gasteiger partial charge on any atom is -0.463 e. The molecule has 1 aliphatic heterocycles. The van der Waals surface area contributed by atoms with Gasteiger partial charge in [-0.25, -0.2) is 9.67 Å². The van der Waals surface area contributed by atoms with E-state index >= 15 is 0 Å². The summed E-state index contributed by atoms with van der Waals surface area (Å²) < 4.78 is 7.39. The average molecular weight is 352 g/mol. The van der Waals surface area contributed by atoms with Crippen LogP contribution in [0.3, 0.4) is 0 Å². The number of carbonyl (C=O) groups excluding carboxylic acids is 1. The molecule has 0 saturated carbocycles. The van der Waals surface area contributed by atoms with Crippen molar-refractivity contribution in [2.45, 2.75) is 45.6 Å². The summed E-state index contributed by atoms with van der Waals surface area (Å²) in [6, 6.07) is 5.70. The highest BCUT2D eigenvalue weighted by molar-refractivity contribution is 6.06. The Kier molecular flexibility index (Phi) is 4.49. The number of nitrogens with zero attached hydrogens (tertiary/aromatic N) is 4. The topological polar surface area (TPSA) is 64.2 Å². The zero-order valence-corrected chi connectivity index (χ0v) is 15.3. The molecule has 0 N–H and O–H groups in total. The smallest absolute Gasteiger partial charge is 0.254 e. The summed E-state index contributed by atoms with van der Waals surface area (Å²) in [6.07, 6.45) is 7.90. The lowest BCUT2D eigenvalue weighted by molar-refractivity contribution is 0.0763. The Morgan fingerprint density at radius 3 is 2.62 bits per heavy atom. The van der Waals surface area contributed by atoms with E-state index in [0.717, 1.165) is 37.0 Å². The number of hydrogen-bond acceptors (Lipinski definition) is 4. The maximum absolute atomic E-state index is 13.3. The number of rotatable bonds is 3. The Labute approximate surface area is 152 Å². The molecule has 26 heavy (non-hydrogen) atoms. The molecule has 6 heteroatoms. The van der Waals surface area contributed by atoms with Crippen molar-refractivity contribution in [2.75, 3.05) is 13.1 Å². The van der Waals surface area contributed by atoms with Gasteiger partial charge in [-0.2, -0.15) is 5.10 Å². The summed E-state index contributed by atoms with van der Waals surface area (Å²) in [4.78, 5) is 20.0. The van der Waals surface area contributed by atoms with Gasteiger partial charge >= 0.3 is 0 Å². The first kappa shape index (κ1) is 16.8. The molecule has 4 heterocycles. The monoisotopic (exact) mass is 352 g/mol. The first-order chi connectivity index (χ1) is 12.6. The number of pyridine rings is 1. The van der Waals surface area contributed by atoms with Crippen molar-refractivity contribution >= 4 is 16.9 Å². The van der Waals surface area contributed by atoms with Crippen molar-refractivity contribution in [3.05, 3.63) is 36.2 Å². The summed E-state index contributed by atoms with van der Waals surface area (Å²) in [5.74, 6) is 0.726. The lowest BCUT2D eigenvalue weighted by Crippen LogP contribution is -2.32. The molecule has 0 spiro atoms. The van der Waals surface area contributed by atoms with E-state index < -0.39 is 0 Å². The third-order valence-corrected chi connectivity index (χ3v) is 4.95. The van der Waals surface area contributed by atoms with Crippen LogP contribution in [0.2, 0.25) is 0 Å². The van der Waals surface area contributed by atoms with E-state index in [1.807, 2.05) is 27.8 Å². The number of fused-ring (bicyclic) bond motifs is 1. The molecule has 0 bridgehead atoms. The molecule has 136 valence electrons. The highest BCUT2D eigenvalue weighted by Gasteiger charge is 2.23. The largest absolute Gasteiger partial charge is 0.463 e. The second-order valence-electron chi connectivity index (χ2n) is 7.16. The van der Waals surface area contributed by atoms with Gasteiger partial charge in [-0.1, -0.05) is 12.8 Å². The molecule has 0 radical (unpaired) electrons. The quantitative estimate of drug-likeness (QED) is 0.705. The summed E-state index contributed by atoms with van der Waals surface area (Å²) in [6.45, 7) is 5.75. The van der Waals surface area contributed by atoms with Crippen molar-refractivity contribution in [2.24, 2.45) is 0 Å². The standard InChI is InChI=1S/C20H24N4O2/c1-14(2)24-19-16(13-21-24)15(12-17(22-19)18-8-7-11-26-18)20(25)23-9-5-3-4-6-10-23/h7-8,11-14H,3-6,9-10H2,1-2H3. The number of amides is 1. The average Bonchev–Trinajstić information content (AvgIpc) is 3.24. The lowest BCUT2D eigenvalue weighted by atomic mass is 10.1. The molecule has 6 nitrogen and oxygen atoms in total. The van der Waals surface area contributed by atoms with Crippen LogP contribution in [0.25, 0.3) is 22.5 Å². The molecular formula is C20H24N4O2. The van der Waals surface area contributed by atoms with Crippen LogP contribution in [0.4, 0.5) is 0 Å². The first-order valence-corrected chi connectivity index (χ1v) is 9.36. The molecule has 0 aromatic carbocycles. The number of carbonyl (C=O) groups is 1. The Hall–Kier alpha value is -2.63. The van der Waals surface area contributed by atoms with Crippen molar-refractivity contribution in [1.82, 2.24) is 19.7 Å². The van der Waals surface area contributed by atoms with Gasteiger partial charge in [0.2, 0.25) is 0 Å². The molecular weight excluding hydrogens is 328 g/mol. The number of aromatic nitrogens is 3. The molecule has 3 aromatic heterocycles.